The zero-order valence-corrected chi connectivity index (χ0v) is 17.4. The number of hydrogen-bond acceptors (Lipinski definition) is 6. The summed E-state index contributed by atoms with van der Waals surface area (Å²) in [5.41, 5.74) is 3.89. The predicted octanol–water partition coefficient (Wildman–Crippen LogP) is 4.43. The number of halogens is 1. The van der Waals surface area contributed by atoms with Crippen LogP contribution in [0.2, 0.25) is 5.02 Å². The van der Waals surface area contributed by atoms with Crippen LogP contribution in [0.25, 0.3) is 11.4 Å². The highest BCUT2D eigenvalue weighted by Crippen LogP contribution is 2.32. The summed E-state index contributed by atoms with van der Waals surface area (Å²) in [6.07, 6.45) is 1.04. The minimum atomic E-state index is 0.114. The number of rotatable bonds is 4. The third-order valence-corrected chi connectivity index (χ3v) is 6.25. The molecule has 0 radical (unpaired) electrons. The van der Waals surface area contributed by atoms with Crippen LogP contribution < -0.4 is 4.74 Å². The number of hydrogen-bond donors (Lipinski definition) is 0. The molecule has 1 atom stereocenters. The number of thioether (sulfide) groups is 1. The molecule has 0 aliphatic carbocycles. The summed E-state index contributed by atoms with van der Waals surface area (Å²) in [6, 6.07) is 13.8. The number of aryl methyl sites for hydroxylation is 1. The molecule has 0 bridgehead atoms. The van der Waals surface area contributed by atoms with Gasteiger partial charge in [0.25, 0.3) is 0 Å². The van der Waals surface area contributed by atoms with Gasteiger partial charge >= 0.3 is 0 Å². The smallest absolute Gasteiger partial charge is 0.212 e. The summed E-state index contributed by atoms with van der Waals surface area (Å²) >= 11 is 7.98. The summed E-state index contributed by atoms with van der Waals surface area (Å²) in [5, 5.41) is 14.8. The molecular weight excluding hydrogens is 408 g/mol. The van der Waals surface area contributed by atoms with Crippen molar-refractivity contribution >= 4 is 29.1 Å². The monoisotopic (exact) mass is 426 g/mol. The third kappa shape index (κ3) is 3.66. The average Bonchev–Trinajstić information content (AvgIpc) is 3.39. The second-order valence-electron chi connectivity index (χ2n) is 7.02. The number of aromatic nitrogens is 3. The van der Waals surface area contributed by atoms with E-state index in [0.29, 0.717) is 17.5 Å². The van der Waals surface area contributed by atoms with Crippen molar-refractivity contribution in [2.24, 2.45) is 5.10 Å². The van der Waals surface area contributed by atoms with Crippen molar-refractivity contribution in [3.05, 3.63) is 58.6 Å². The first kappa shape index (κ1) is 18.7. The van der Waals surface area contributed by atoms with E-state index < -0.39 is 0 Å². The summed E-state index contributed by atoms with van der Waals surface area (Å²) in [4.78, 5) is 0. The van der Waals surface area contributed by atoms with Gasteiger partial charge in [0.15, 0.2) is 5.82 Å². The van der Waals surface area contributed by atoms with Crippen LogP contribution in [0, 0.1) is 6.92 Å². The molecule has 148 valence electrons. The Balaban J connectivity index is 1.50. The van der Waals surface area contributed by atoms with E-state index >= 15 is 0 Å². The Morgan fingerprint density at radius 3 is 2.93 bits per heavy atom. The molecule has 5 rings (SSSR count). The molecule has 2 aliphatic heterocycles. The maximum absolute atomic E-state index is 6.37. The summed E-state index contributed by atoms with van der Waals surface area (Å²) in [5.74, 6) is 2.24. The molecule has 0 saturated carbocycles. The van der Waals surface area contributed by atoms with Crippen LogP contribution >= 0.6 is 23.4 Å². The molecule has 1 unspecified atom stereocenters. The van der Waals surface area contributed by atoms with Gasteiger partial charge in [-0.15, -0.1) is 10.2 Å². The Labute approximate surface area is 177 Å². The Bertz CT molecular complexity index is 1090. The molecule has 2 aromatic carbocycles. The highest BCUT2D eigenvalue weighted by Gasteiger charge is 2.23. The molecule has 0 amide bonds. The minimum Gasteiger partial charge on any atom is -0.488 e. The Hall–Kier alpha value is -2.35. The number of nitrogens with zero attached hydrogens (tertiary/aromatic N) is 4. The van der Waals surface area contributed by atoms with Gasteiger partial charge in [-0.05, 0) is 30.7 Å². The van der Waals surface area contributed by atoms with Gasteiger partial charge < -0.3 is 9.47 Å². The molecule has 6 nitrogen and oxygen atoms in total. The van der Waals surface area contributed by atoms with E-state index in [-0.39, 0.29) is 6.10 Å². The van der Waals surface area contributed by atoms with E-state index in [2.05, 4.69) is 35.3 Å². The lowest BCUT2D eigenvalue weighted by Crippen LogP contribution is -2.17. The molecule has 0 spiro atoms. The second kappa shape index (κ2) is 7.82. The van der Waals surface area contributed by atoms with Crippen molar-refractivity contribution in [2.45, 2.75) is 24.6 Å². The van der Waals surface area contributed by atoms with E-state index in [4.69, 9.17) is 26.2 Å². The first-order valence-corrected chi connectivity index (χ1v) is 10.8. The summed E-state index contributed by atoms with van der Waals surface area (Å²) < 4.78 is 13.4. The van der Waals surface area contributed by atoms with Crippen molar-refractivity contribution in [1.29, 1.82) is 0 Å². The van der Waals surface area contributed by atoms with Gasteiger partial charge in [-0.3, -0.25) is 0 Å². The molecule has 2 aliphatic rings. The van der Waals surface area contributed by atoms with E-state index in [1.807, 2.05) is 24.3 Å². The fraction of sp³-hybridized carbons (Fsp3) is 0.286. The van der Waals surface area contributed by atoms with Crippen molar-refractivity contribution in [2.75, 3.05) is 19.0 Å². The van der Waals surface area contributed by atoms with Crippen LogP contribution in [0.1, 0.15) is 17.5 Å². The lowest BCUT2D eigenvalue weighted by Gasteiger charge is -2.17. The molecule has 3 heterocycles. The normalized spacial score (nSPS) is 18.4. The zero-order valence-electron chi connectivity index (χ0n) is 15.8. The largest absolute Gasteiger partial charge is 0.488 e. The van der Waals surface area contributed by atoms with Crippen molar-refractivity contribution in [1.82, 2.24) is 14.9 Å². The van der Waals surface area contributed by atoms with Crippen LogP contribution in [0.4, 0.5) is 0 Å². The van der Waals surface area contributed by atoms with Crippen molar-refractivity contribution < 1.29 is 9.47 Å². The molecular formula is C21H19ClN4O2S. The third-order valence-electron chi connectivity index (χ3n) is 4.99. The van der Waals surface area contributed by atoms with Crippen LogP contribution in [0.15, 0.2) is 52.7 Å². The highest BCUT2D eigenvalue weighted by molar-refractivity contribution is 7.99. The first-order valence-electron chi connectivity index (χ1n) is 9.45. The van der Waals surface area contributed by atoms with Gasteiger partial charge in [0.1, 0.15) is 11.9 Å². The molecule has 0 N–H and O–H groups in total. The number of ether oxygens (including phenoxy) is 2. The zero-order chi connectivity index (χ0) is 19.8. The van der Waals surface area contributed by atoms with Crippen molar-refractivity contribution in [3.8, 4) is 17.1 Å². The Morgan fingerprint density at radius 1 is 1.21 bits per heavy atom. The van der Waals surface area contributed by atoms with Gasteiger partial charge in [0, 0.05) is 23.3 Å². The minimum absolute atomic E-state index is 0.114. The fourth-order valence-corrected chi connectivity index (χ4v) is 4.43. The summed E-state index contributed by atoms with van der Waals surface area (Å²) in [7, 11) is 0. The number of fused-ring (bicyclic) bond motifs is 1. The topological polar surface area (TPSA) is 61.5 Å². The van der Waals surface area contributed by atoms with Gasteiger partial charge in [-0.1, -0.05) is 47.6 Å². The van der Waals surface area contributed by atoms with E-state index in [0.717, 1.165) is 52.1 Å². The van der Waals surface area contributed by atoms with Crippen LogP contribution in [-0.2, 0) is 4.74 Å². The fourth-order valence-electron chi connectivity index (χ4n) is 3.37. The lowest BCUT2D eigenvalue weighted by atomic mass is 10.1. The highest BCUT2D eigenvalue weighted by atomic mass is 35.5. The van der Waals surface area contributed by atoms with Crippen LogP contribution in [-0.4, -0.2) is 45.7 Å². The molecule has 1 aromatic heterocycles. The van der Waals surface area contributed by atoms with E-state index in [9.17, 15) is 0 Å². The summed E-state index contributed by atoms with van der Waals surface area (Å²) in [6.45, 7) is 3.46. The lowest BCUT2D eigenvalue weighted by molar-refractivity contribution is 0.141. The molecule has 29 heavy (non-hydrogen) atoms. The van der Waals surface area contributed by atoms with Crippen LogP contribution in [0.5, 0.6) is 5.75 Å². The molecule has 8 heteroatoms. The van der Waals surface area contributed by atoms with Gasteiger partial charge in [0.05, 0.1) is 23.9 Å². The quantitative estimate of drug-likeness (QED) is 0.617. The van der Waals surface area contributed by atoms with E-state index in [1.54, 1.807) is 16.4 Å². The molecule has 1 fully saturated rings. The van der Waals surface area contributed by atoms with Gasteiger partial charge in [0.2, 0.25) is 5.16 Å². The number of benzene rings is 2. The Kier molecular flexibility index (Phi) is 5.03. The average molecular weight is 427 g/mol. The molecule has 1 saturated heterocycles. The van der Waals surface area contributed by atoms with Crippen molar-refractivity contribution in [3.63, 3.8) is 0 Å². The Morgan fingerprint density at radius 2 is 2.10 bits per heavy atom. The maximum Gasteiger partial charge on any atom is 0.212 e. The predicted molar refractivity (Wildman–Crippen MR) is 114 cm³/mol. The van der Waals surface area contributed by atoms with Gasteiger partial charge in [-0.25, -0.2) is 0 Å². The molecule has 3 aromatic rings. The maximum atomic E-state index is 6.37. The van der Waals surface area contributed by atoms with Gasteiger partial charge in [-0.2, -0.15) is 9.78 Å². The SMILES string of the molecule is Cc1ccc(C2=Nn3c(nnc3-c3ccccc3Cl)SC2)cc1OC1CCOC1. The van der Waals surface area contributed by atoms with Crippen LogP contribution in [0.3, 0.4) is 0 Å². The first-order chi connectivity index (χ1) is 14.2. The second-order valence-corrected chi connectivity index (χ2v) is 8.37. The van der Waals surface area contributed by atoms with E-state index in [1.165, 1.54) is 0 Å². The standard InChI is InChI=1S/C21H19ClN4O2S/c1-13-6-7-14(10-19(13)28-15-8-9-27-11-15)18-12-29-21-24-23-20(26(21)25-18)16-4-2-3-5-17(16)22/h2-7,10,15H,8-9,11-12H2,1H3.